The van der Waals surface area contributed by atoms with Gasteiger partial charge in [0.15, 0.2) is 0 Å². The zero-order valence-corrected chi connectivity index (χ0v) is 9.50. The van der Waals surface area contributed by atoms with Crippen molar-refractivity contribution in [2.24, 2.45) is 0 Å². The summed E-state index contributed by atoms with van der Waals surface area (Å²) in [5.41, 5.74) is -0.173. The second-order valence-electron chi connectivity index (χ2n) is 4.30. The molecule has 2 nitrogen and oxygen atoms in total. The Labute approximate surface area is 98.5 Å². The first-order valence-corrected chi connectivity index (χ1v) is 5.85. The molecule has 1 aromatic heterocycles. The maximum atomic E-state index is 12.5. The van der Waals surface area contributed by atoms with Gasteiger partial charge in [-0.2, -0.15) is 13.2 Å². The molecule has 2 heterocycles. The van der Waals surface area contributed by atoms with Crippen LogP contribution in [0.4, 0.5) is 18.9 Å². The summed E-state index contributed by atoms with van der Waals surface area (Å²) in [6.45, 7) is 1.67. The van der Waals surface area contributed by atoms with Gasteiger partial charge in [-0.25, -0.2) is 0 Å². The summed E-state index contributed by atoms with van der Waals surface area (Å²) in [4.78, 5) is 5.40. The predicted molar refractivity (Wildman–Crippen MR) is 59.9 cm³/mol. The van der Waals surface area contributed by atoms with E-state index in [1.165, 1.54) is 6.20 Å². The Balaban J connectivity index is 2.20. The molecule has 5 heteroatoms. The summed E-state index contributed by atoms with van der Waals surface area (Å²) in [5, 5.41) is 0. The van der Waals surface area contributed by atoms with E-state index in [0.29, 0.717) is 5.69 Å². The predicted octanol–water partition coefficient (Wildman–Crippen LogP) is 3.48. The third kappa shape index (κ3) is 3.11. The van der Waals surface area contributed by atoms with Gasteiger partial charge in [0.05, 0.1) is 0 Å². The molecule has 17 heavy (non-hydrogen) atoms. The molecule has 1 aromatic rings. The minimum atomic E-state index is -4.36. The molecule has 94 valence electrons. The number of anilines is 1. The summed E-state index contributed by atoms with van der Waals surface area (Å²) in [7, 11) is 0. The first-order chi connectivity index (χ1) is 8.07. The highest BCUT2D eigenvalue weighted by Gasteiger charge is 2.32. The molecule has 0 saturated carbocycles. The highest BCUT2D eigenvalue weighted by molar-refractivity contribution is 5.47. The van der Waals surface area contributed by atoms with Gasteiger partial charge < -0.3 is 4.90 Å². The SMILES string of the molecule is FC(F)(F)c1cc(N2CCCCCC2)ccn1. The van der Waals surface area contributed by atoms with Crippen LogP contribution >= 0.6 is 0 Å². The van der Waals surface area contributed by atoms with Crippen LogP contribution in [0.3, 0.4) is 0 Å². The van der Waals surface area contributed by atoms with Gasteiger partial charge in [-0.1, -0.05) is 12.8 Å². The Bertz CT molecular complexity index is 368. The van der Waals surface area contributed by atoms with E-state index in [-0.39, 0.29) is 0 Å². The van der Waals surface area contributed by atoms with Crippen molar-refractivity contribution in [2.75, 3.05) is 18.0 Å². The lowest BCUT2D eigenvalue weighted by Crippen LogP contribution is -2.24. The Morgan fingerprint density at radius 2 is 1.71 bits per heavy atom. The highest BCUT2D eigenvalue weighted by atomic mass is 19.4. The number of aromatic nitrogens is 1. The topological polar surface area (TPSA) is 16.1 Å². The summed E-state index contributed by atoms with van der Waals surface area (Å²) in [6.07, 6.45) is 1.29. The fraction of sp³-hybridized carbons (Fsp3) is 0.583. The van der Waals surface area contributed by atoms with Crippen LogP contribution in [-0.4, -0.2) is 18.1 Å². The van der Waals surface area contributed by atoms with Gasteiger partial charge in [-0.3, -0.25) is 4.98 Å². The molecule has 0 aliphatic carbocycles. The zero-order valence-electron chi connectivity index (χ0n) is 9.50. The van der Waals surface area contributed by atoms with Gasteiger partial charge in [0, 0.05) is 25.0 Å². The molecule has 0 radical (unpaired) electrons. The normalized spacial score (nSPS) is 17.9. The van der Waals surface area contributed by atoms with Crippen LogP contribution < -0.4 is 4.90 Å². The maximum absolute atomic E-state index is 12.5. The van der Waals surface area contributed by atoms with E-state index in [9.17, 15) is 13.2 Å². The monoisotopic (exact) mass is 244 g/mol. The van der Waals surface area contributed by atoms with Gasteiger partial charge in [0.2, 0.25) is 0 Å². The molecule has 0 N–H and O–H groups in total. The molecule has 1 aliphatic rings. The van der Waals surface area contributed by atoms with Crippen molar-refractivity contribution in [1.29, 1.82) is 0 Å². The van der Waals surface area contributed by atoms with E-state index in [4.69, 9.17) is 0 Å². The number of rotatable bonds is 1. The van der Waals surface area contributed by atoms with Crippen LogP contribution in [0.25, 0.3) is 0 Å². The van der Waals surface area contributed by atoms with Crippen LogP contribution in [0.5, 0.6) is 0 Å². The Hall–Kier alpha value is -1.26. The number of alkyl halides is 3. The minimum absolute atomic E-state index is 0.634. The number of pyridine rings is 1. The zero-order chi connectivity index (χ0) is 12.3. The second kappa shape index (κ2) is 4.94. The third-order valence-corrected chi connectivity index (χ3v) is 3.01. The lowest BCUT2D eigenvalue weighted by Gasteiger charge is -2.23. The van der Waals surface area contributed by atoms with E-state index in [1.54, 1.807) is 6.07 Å². The average Bonchev–Trinajstić information content (AvgIpc) is 2.56. The largest absolute Gasteiger partial charge is 0.433 e. The summed E-state index contributed by atoms with van der Waals surface area (Å²) < 4.78 is 37.6. The highest BCUT2D eigenvalue weighted by Crippen LogP contribution is 2.30. The van der Waals surface area contributed by atoms with Crippen LogP contribution in [0, 0.1) is 0 Å². The van der Waals surface area contributed by atoms with Crippen LogP contribution in [-0.2, 0) is 6.18 Å². The molecule has 0 amide bonds. The summed E-state index contributed by atoms with van der Waals surface area (Å²) in [6, 6.07) is 2.80. The van der Waals surface area contributed by atoms with Crippen LogP contribution in [0.2, 0.25) is 0 Å². The molecule has 0 spiro atoms. The molecule has 2 rings (SSSR count). The molecular formula is C12H15F3N2. The molecular weight excluding hydrogens is 229 g/mol. The van der Waals surface area contributed by atoms with E-state index in [2.05, 4.69) is 4.98 Å². The molecule has 0 bridgehead atoms. The number of hydrogen-bond acceptors (Lipinski definition) is 2. The molecule has 1 aliphatic heterocycles. The Kier molecular flexibility index (Phi) is 3.54. The van der Waals surface area contributed by atoms with E-state index in [1.807, 2.05) is 4.90 Å². The van der Waals surface area contributed by atoms with Crippen molar-refractivity contribution in [1.82, 2.24) is 4.98 Å². The number of halogens is 3. The standard InChI is InChI=1S/C12H15F3N2/c13-12(14,15)11-9-10(5-6-16-11)17-7-3-1-2-4-8-17/h5-6,9H,1-4,7-8H2. The summed E-state index contributed by atoms with van der Waals surface area (Å²) in [5.74, 6) is 0. The van der Waals surface area contributed by atoms with Crippen molar-refractivity contribution in [3.05, 3.63) is 24.0 Å². The van der Waals surface area contributed by atoms with E-state index < -0.39 is 11.9 Å². The first-order valence-electron chi connectivity index (χ1n) is 5.85. The van der Waals surface area contributed by atoms with E-state index >= 15 is 0 Å². The summed E-state index contributed by atoms with van der Waals surface area (Å²) >= 11 is 0. The Morgan fingerprint density at radius 3 is 2.29 bits per heavy atom. The van der Waals surface area contributed by atoms with Gasteiger partial charge in [0.1, 0.15) is 5.69 Å². The fourth-order valence-corrected chi connectivity index (χ4v) is 2.10. The molecule has 0 aromatic carbocycles. The van der Waals surface area contributed by atoms with Gasteiger partial charge in [0.25, 0.3) is 0 Å². The number of nitrogens with zero attached hydrogens (tertiary/aromatic N) is 2. The van der Waals surface area contributed by atoms with Crippen LogP contribution in [0.1, 0.15) is 31.4 Å². The Morgan fingerprint density at radius 1 is 1.06 bits per heavy atom. The quantitative estimate of drug-likeness (QED) is 0.751. The fourth-order valence-electron chi connectivity index (χ4n) is 2.10. The molecule has 1 saturated heterocycles. The van der Waals surface area contributed by atoms with Crippen molar-refractivity contribution in [2.45, 2.75) is 31.9 Å². The van der Waals surface area contributed by atoms with Crippen molar-refractivity contribution in [3.63, 3.8) is 0 Å². The second-order valence-corrected chi connectivity index (χ2v) is 4.30. The van der Waals surface area contributed by atoms with Gasteiger partial charge in [-0.05, 0) is 25.0 Å². The number of hydrogen-bond donors (Lipinski definition) is 0. The van der Waals surface area contributed by atoms with Crippen molar-refractivity contribution >= 4 is 5.69 Å². The van der Waals surface area contributed by atoms with Crippen molar-refractivity contribution < 1.29 is 13.2 Å². The maximum Gasteiger partial charge on any atom is 0.433 e. The molecule has 0 unspecified atom stereocenters. The minimum Gasteiger partial charge on any atom is -0.371 e. The first kappa shape index (κ1) is 12.2. The smallest absolute Gasteiger partial charge is 0.371 e. The average molecular weight is 244 g/mol. The lowest BCUT2D eigenvalue weighted by molar-refractivity contribution is -0.141. The van der Waals surface area contributed by atoms with Crippen LogP contribution in [0.15, 0.2) is 18.3 Å². The van der Waals surface area contributed by atoms with E-state index in [0.717, 1.165) is 44.8 Å². The lowest BCUT2D eigenvalue weighted by atomic mass is 10.2. The van der Waals surface area contributed by atoms with Gasteiger partial charge >= 0.3 is 6.18 Å². The van der Waals surface area contributed by atoms with Crippen molar-refractivity contribution in [3.8, 4) is 0 Å². The molecule has 1 fully saturated rings. The van der Waals surface area contributed by atoms with Gasteiger partial charge in [-0.15, -0.1) is 0 Å². The third-order valence-electron chi connectivity index (χ3n) is 3.01. The molecule has 0 atom stereocenters.